The molecule has 0 fully saturated rings. The van der Waals surface area contributed by atoms with Crippen molar-refractivity contribution in [1.82, 2.24) is 20.2 Å². The number of carbonyl (C=O) groups is 1. The molecule has 8 heteroatoms. The van der Waals surface area contributed by atoms with E-state index in [1.807, 2.05) is 67.6 Å². The first-order valence-corrected chi connectivity index (χ1v) is 11.1. The lowest BCUT2D eigenvalue weighted by Crippen LogP contribution is -2.10. The number of carbonyl (C=O) groups excluding carboxylic acids is 1. The van der Waals surface area contributed by atoms with E-state index in [1.165, 1.54) is 0 Å². The van der Waals surface area contributed by atoms with Crippen LogP contribution < -0.4 is 15.4 Å². The van der Waals surface area contributed by atoms with Gasteiger partial charge in [-0.1, -0.05) is 19.1 Å². The average Bonchev–Trinajstić information content (AvgIpc) is 3.32. The Bertz CT molecular complexity index is 1490. The number of anilines is 3. The van der Waals surface area contributed by atoms with Crippen LogP contribution in [0.2, 0.25) is 0 Å². The molecule has 170 valence electrons. The monoisotopic (exact) mass is 452 g/mol. The normalized spacial score (nSPS) is 11.0. The number of hydrogen-bond acceptors (Lipinski definition) is 6. The molecule has 0 radical (unpaired) electrons. The van der Waals surface area contributed by atoms with Crippen LogP contribution in [0.3, 0.4) is 0 Å². The van der Waals surface area contributed by atoms with Crippen LogP contribution >= 0.6 is 0 Å². The molecule has 0 atom stereocenters. The Hall–Kier alpha value is -4.46. The Balaban J connectivity index is 1.57. The van der Waals surface area contributed by atoms with Gasteiger partial charge in [0, 0.05) is 34.1 Å². The van der Waals surface area contributed by atoms with E-state index in [1.54, 1.807) is 13.3 Å². The van der Waals surface area contributed by atoms with Crippen molar-refractivity contribution in [2.24, 2.45) is 0 Å². The van der Waals surface area contributed by atoms with Gasteiger partial charge in [0.1, 0.15) is 11.6 Å². The summed E-state index contributed by atoms with van der Waals surface area (Å²) in [5.41, 5.74) is 4.14. The van der Waals surface area contributed by atoms with Gasteiger partial charge in [-0.15, -0.1) is 0 Å². The van der Waals surface area contributed by atoms with Crippen LogP contribution in [0.5, 0.6) is 5.75 Å². The number of nitrogens with zero attached hydrogens (tertiary/aromatic N) is 3. The van der Waals surface area contributed by atoms with Crippen LogP contribution in [-0.2, 0) is 4.79 Å². The van der Waals surface area contributed by atoms with Gasteiger partial charge in [0.15, 0.2) is 5.82 Å². The summed E-state index contributed by atoms with van der Waals surface area (Å²) < 4.78 is 5.43. The van der Waals surface area contributed by atoms with Gasteiger partial charge in [0.25, 0.3) is 0 Å². The number of rotatable bonds is 7. The van der Waals surface area contributed by atoms with E-state index in [9.17, 15) is 4.79 Å². The predicted octanol–water partition coefficient (Wildman–Crippen LogP) is 5.66. The molecule has 0 spiro atoms. The second-order valence-electron chi connectivity index (χ2n) is 7.95. The largest absolute Gasteiger partial charge is 0.497 e. The number of aromatic nitrogens is 4. The van der Waals surface area contributed by atoms with E-state index >= 15 is 0 Å². The maximum atomic E-state index is 12.1. The van der Waals surface area contributed by atoms with Gasteiger partial charge < -0.3 is 15.4 Å². The summed E-state index contributed by atoms with van der Waals surface area (Å²) in [4.78, 5) is 21.7. The first-order valence-electron chi connectivity index (χ1n) is 11.1. The van der Waals surface area contributed by atoms with Crippen LogP contribution in [0.15, 0.2) is 66.9 Å². The lowest BCUT2D eigenvalue weighted by atomic mass is 10.1. The Morgan fingerprint density at radius 1 is 1.03 bits per heavy atom. The number of fused-ring (bicyclic) bond motifs is 2. The van der Waals surface area contributed by atoms with Crippen molar-refractivity contribution in [2.45, 2.75) is 19.8 Å². The summed E-state index contributed by atoms with van der Waals surface area (Å²) in [5, 5.41) is 15.3. The number of ether oxygens (including phenoxy) is 1. The zero-order valence-electron chi connectivity index (χ0n) is 18.9. The summed E-state index contributed by atoms with van der Waals surface area (Å²) in [6.45, 7) is 1.98. The van der Waals surface area contributed by atoms with Crippen molar-refractivity contribution in [3.05, 3.63) is 66.9 Å². The Kier molecular flexibility index (Phi) is 5.78. The number of benzene rings is 3. The summed E-state index contributed by atoms with van der Waals surface area (Å²) in [6.07, 6.45) is 3.06. The number of nitrogens with one attached hydrogen (secondary N) is 3. The van der Waals surface area contributed by atoms with E-state index in [0.717, 1.165) is 45.2 Å². The summed E-state index contributed by atoms with van der Waals surface area (Å²) in [5.74, 6) is 1.92. The van der Waals surface area contributed by atoms with Crippen molar-refractivity contribution in [3.8, 4) is 17.1 Å². The molecule has 0 aliphatic heterocycles. The average molecular weight is 453 g/mol. The van der Waals surface area contributed by atoms with Gasteiger partial charge in [-0.2, -0.15) is 5.10 Å². The Labute approximate surface area is 196 Å². The topological polar surface area (TPSA) is 105 Å². The number of methoxy groups -OCH3 is 1. The molecule has 0 saturated heterocycles. The maximum absolute atomic E-state index is 12.1. The van der Waals surface area contributed by atoms with Crippen molar-refractivity contribution >= 4 is 44.9 Å². The smallest absolute Gasteiger partial charge is 0.224 e. The Morgan fingerprint density at radius 3 is 2.79 bits per heavy atom. The highest BCUT2D eigenvalue weighted by atomic mass is 16.5. The Morgan fingerprint density at radius 2 is 1.94 bits per heavy atom. The van der Waals surface area contributed by atoms with Gasteiger partial charge in [-0.05, 0) is 55.0 Å². The number of aromatic amines is 1. The van der Waals surface area contributed by atoms with Crippen molar-refractivity contribution in [2.75, 3.05) is 17.7 Å². The van der Waals surface area contributed by atoms with E-state index in [4.69, 9.17) is 14.7 Å². The van der Waals surface area contributed by atoms with Gasteiger partial charge >= 0.3 is 0 Å². The minimum absolute atomic E-state index is 0.0110. The summed E-state index contributed by atoms with van der Waals surface area (Å²) >= 11 is 0. The summed E-state index contributed by atoms with van der Waals surface area (Å²) in [7, 11) is 1.63. The molecule has 5 aromatic rings. The highest BCUT2D eigenvalue weighted by Crippen LogP contribution is 2.31. The lowest BCUT2D eigenvalue weighted by Gasteiger charge is -2.13. The molecule has 0 unspecified atom stereocenters. The van der Waals surface area contributed by atoms with Crippen LogP contribution in [0.25, 0.3) is 33.2 Å². The fraction of sp³-hybridized carbons (Fsp3) is 0.154. The third-order valence-electron chi connectivity index (χ3n) is 5.49. The first kappa shape index (κ1) is 21.4. The molecule has 3 aromatic carbocycles. The number of hydrogen-bond donors (Lipinski definition) is 3. The van der Waals surface area contributed by atoms with Crippen LogP contribution in [0.1, 0.15) is 19.8 Å². The van der Waals surface area contributed by atoms with Gasteiger partial charge in [0.2, 0.25) is 5.91 Å². The molecule has 0 aliphatic carbocycles. The van der Waals surface area contributed by atoms with E-state index in [2.05, 4.69) is 20.8 Å². The molecule has 2 heterocycles. The zero-order chi connectivity index (χ0) is 23.5. The maximum Gasteiger partial charge on any atom is 0.224 e. The SMILES string of the molecule is CCCC(=O)Nc1cccc(-c2nc(Nc3ccc4[nH]ncc4c3)c3cc(OC)ccc3n2)c1. The molecule has 0 saturated carbocycles. The molecule has 5 rings (SSSR count). The second-order valence-corrected chi connectivity index (χ2v) is 7.95. The third-order valence-corrected chi connectivity index (χ3v) is 5.49. The second kappa shape index (κ2) is 9.19. The first-order chi connectivity index (χ1) is 16.6. The highest BCUT2D eigenvalue weighted by molar-refractivity contribution is 5.95. The van der Waals surface area contributed by atoms with E-state index in [-0.39, 0.29) is 5.91 Å². The standard InChI is InChI=1S/C26H24N6O2/c1-3-5-24(33)28-18-7-4-6-16(12-18)25-30-23-11-9-20(34-2)14-21(23)26(31-25)29-19-8-10-22-17(13-19)15-27-32-22/h4,6-15H,3,5H2,1-2H3,(H,27,32)(H,28,33)(H,29,30,31). The molecule has 1 amide bonds. The van der Waals surface area contributed by atoms with Crippen LogP contribution in [-0.4, -0.2) is 33.2 Å². The van der Waals surface area contributed by atoms with Gasteiger partial charge in [-0.3, -0.25) is 9.89 Å². The zero-order valence-corrected chi connectivity index (χ0v) is 18.9. The minimum atomic E-state index is -0.0110. The molecular formula is C26H24N6O2. The number of H-pyrrole nitrogens is 1. The van der Waals surface area contributed by atoms with E-state index < -0.39 is 0 Å². The van der Waals surface area contributed by atoms with Crippen molar-refractivity contribution < 1.29 is 9.53 Å². The lowest BCUT2D eigenvalue weighted by molar-refractivity contribution is -0.116. The fourth-order valence-electron chi connectivity index (χ4n) is 3.80. The van der Waals surface area contributed by atoms with Crippen LogP contribution in [0.4, 0.5) is 17.2 Å². The van der Waals surface area contributed by atoms with E-state index in [0.29, 0.717) is 23.8 Å². The molecular weight excluding hydrogens is 428 g/mol. The predicted molar refractivity (Wildman–Crippen MR) is 134 cm³/mol. The van der Waals surface area contributed by atoms with Gasteiger partial charge in [-0.25, -0.2) is 9.97 Å². The molecule has 0 aliphatic rings. The van der Waals surface area contributed by atoms with Crippen molar-refractivity contribution in [1.29, 1.82) is 0 Å². The fourth-order valence-corrected chi connectivity index (χ4v) is 3.80. The van der Waals surface area contributed by atoms with Gasteiger partial charge in [0.05, 0.1) is 24.3 Å². The molecule has 8 nitrogen and oxygen atoms in total. The molecule has 3 N–H and O–H groups in total. The highest BCUT2D eigenvalue weighted by Gasteiger charge is 2.13. The van der Waals surface area contributed by atoms with Crippen LogP contribution in [0, 0.1) is 0 Å². The molecule has 34 heavy (non-hydrogen) atoms. The molecule has 0 bridgehead atoms. The van der Waals surface area contributed by atoms with Crippen molar-refractivity contribution in [3.63, 3.8) is 0 Å². The minimum Gasteiger partial charge on any atom is -0.497 e. The summed E-state index contributed by atoms with van der Waals surface area (Å²) in [6, 6.07) is 19.2. The number of amides is 1. The molecule has 2 aromatic heterocycles. The quantitative estimate of drug-likeness (QED) is 0.294. The third kappa shape index (κ3) is 4.38.